The van der Waals surface area contributed by atoms with Gasteiger partial charge in [0.15, 0.2) is 0 Å². The zero-order valence-corrected chi connectivity index (χ0v) is 13.3. The number of unbranched alkanes of at least 4 members (excludes halogenated alkanes) is 1. The second kappa shape index (κ2) is 12.9. The van der Waals surface area contributed by atoms with Crippen molar-refractivity contribution in [2.24, 2.45) is 0 Å². The third-order valence-electron chi connectivity index (χ3n) is 2.51. The van der Waals surface area contributed by atoms with Crippen molar-refractivity contribution in [1.29, 1.82) is 0 Å². The molecule has 0 aromatic rings. The van der Waals surface area contributed by atoms with E-state index in [4.69, 9.17) is 14.2 Å². The van der Waals surface area contributed by atoms with E-state index in [1.165, 1.54) is 6.42 Å². The van der Waals surface area contributed by atoms with Crippen LogP contribution in [0.15, 0.2) is 0 Å². The first-order chi connectivity index (χ1) is 9.06. The molecule has 0 rings (SSSR count). The van der Waals surface area contributed by atoms with Crippen molar-refractivity contribution in [2.75, 3.05) is 46.2 Å². The third kappa shape index (κ3) is 17.8. The van der Waals surface area contributed by atoms with E-state index in [1.807, 2.05) is 0 Å². The Morgan fingerprint density at radius 2 is 1.21 bits per heavy atom. The number of hydrogen-bond donors (Lipinski definition) is 1. The Kier molecular flexibility index (Phi) is 12.7. The molecular formula is C15H33NO3. The largest absolute Gasteiger partial charge is 0.379 e. The van der Waals surface area contributed by atoms with Gasteiger partial charge in [-0.1, -0.05) is 13.3 Å². The van der Waals surface area contributed by atoms with Crippen LogP contribution in [0.2, 0.25) is 0 Å². The van der Waals surface area contributed by atoms with Gasteiger partial charge in [-0.15, -0.1) is 0 Å². The molecule has 0 amide bonds. The summed E-state index contributed by atoms with van der Waals surface area (Å²) in [4.78, 5) is 0. The van der Waals surface area contributed by atoms with Crippen LogP contribution >= 0.6 is 0 Å². The van der Waals surface area contributed by atoms with Crippen molar-refractivity contribution in [1.82, 2.24) is 5.32 Å². The summed E-state index contributed by atoms with van der Waals surface area (Å²) in [6, 6.07) is 0. The average molecular weight is 275 g/mol. The third-order valence-corrected chi connectivity index (χ3v) is 2.51. The number of hydrogen-bond acceptors (Lipinski definition) is 4. The molecule has 0 saturated carbocycles. The van der Waals surface area contributed by atoms with Gasteiger partial charge in [0.2, 0.25) is 0 Å². The Morgan fingerprint density at radius 3 is 1.68 bits per heavy atom. The lowest BCUT2D eigenvalue weighted by Crippen LogP contribution is -2.36. The van der Waals surface area contributed by atoms with Gasteiger partial charge in [-0.25, -0.2) is 0 Å². The molecule has 1 N–H and O–H groups in total. The molecule has 0 saturated heterocycles. The van der Waals surface area contributed by atoms with Crippen LogP contribution in [0.3, 0.4) is 0 Å². The van der Waals surface area contributed by atoms with Crippen LogP contribution < -0.4 is 5.32 Å². The predicted molar refractivity (Wildman–Crippen MR) is 79.7 cm³/mol. The van der Waals surface area contributed by atoms with Gasteiger partial charge in [-0.3, -0.25) is 0 Å². The van der Waals surface area contributed by atoms with Crippen LogP contribution in [0, 0.1) is 0 Å². The molecule has 0 bridgehead atoms. The molecule has 0 fully saturated rings. The second-order valence-corrected chi connectivity index (χ2v) is 5.72. The molecule has 0 heterocycles. The topological polar surface area (TPSA) is 39.7 Å². The standard InChI is InChI=1S/C15H33NO3/c1-5-6-9-17-11-13-19-14-12-18-10-7-8-16-15(2,3)4/h16H,5-14H2,1-4H3. The normalized spacial score (nSPS) is 12.0. The van der Waals surface area contributed by atoms with Crippen molar-refractivity contribution in [2.45, 2.75) is 52.5 Å². The molecule has 0 spiro atoms. The highest BCUT2D eigenvalue weighted by atomic mass is 16.5. The fourth-order valence-electron chi connectivity index (χ4n) is 1.43. The van der Waals surface area contributed by atoms with Crippen LogP contribution in [0.1, 0.15) is 47.0 Å². The molecule has 0 aromatic carbocycles. The first kappa shape index (κ1) is 18.8. The maximum atomic E-state index is 5.49. The Hall–Kier alpha value is -0.160. The lowest BCUT2D eigenvalue weighted by Gasteiger charge is -2.20. The minimum atomic E-state index is 0.195. The highest BCUT2D eigenvalue weighted by molar-refractivity contribution is 4.69. The molecule has 116 valence electrons. The van der Waals surface area contributed by atoms with E-state index in [0.29, 0.717) is 26.4 Å². The molecule has 0 atom stereocenters. The Labute approximate surface area is 119 Å². The summed E-state index contributed by atoms with van der Waals surface area (Å²) in [7, 11) is 0. The first-order valence-corrected chi connectivity index (χ1v) is 7.54. The maximum absolute atomic E-state index is 5.49. The summed E-state index contributed by atoms with van der Waals surface area (Å²) < 4.78 is 16.3. The van der Waals surface area contributed by atoms with Crippen LogP contribution in [0.5, 0.6) is 0 Å². The molecule has 0 unspecified atom stereocenters. The summed E-state index contributed by atoms with van der Waals surface area (Å²) in [5.41, 5.74) is 0.195. The van der Waals surface area contributed by atoms with Gasteiger partial charge in [0.25, 0.3) is 0 Å². The van der Waals surface area contributed by atoms with Crippen LogP contribution in [-0.2, 0) is 14.2 Å². The molecule has 0 aliphatic carbocycles. The van der Waals surface area contributed by atoms with Crippen molar-refractivity contribution in [3.05, 3.63) is 0 Å². The van der Waals surface area contributed by atoms with Gasteiger partial charge in [0.05, 0.1) is 26.4 Å². The maximum Gasteiger partial charge on any atom is 0.0701 e. The number of ether oxygens (including phenoxy) is 3. The highest BCUT2D eigenvalue weighted by Gasteiger charge is 2.06. The number of rotatable bonds is 13. The van der Waals surface area contributed by atoms with Gasteiger partial charge in [-0.2, -0.15) is 0 Å². The quantitative estimate of drug-likeness (QED) is 0.525. The van der Waals surface area contributed by atoms with E-state index in [-0.39, 0.29) is 5.54 Å². The van der Waals surface area contributed by atoms with Crippen molar-refractivity contribution >= 4 is 0 Å². The molecule has 0 aliphatic heterocycles. The first-order valence-electron chi connectivity index (χ1n) is 7.54. The summed E-state index contributed by atoms with van der Waals surface area (Å²) in [5, 5.41) is 3.43. The molecule has 19 heavy (non-hydrogen) atoms. The van der Waals surface area contributed by atoms with Crippen LogP contribution in [-0.4, -0.2) is 51.7 Å². The zero-order valence-electron chi connectivity index (χ0n) is 13.3. The summed E-state index contributed by atoms with van der Waals surface area (Å²) in [6.07, 6.45) is 3.35. The molecule has 4 heteroatoms. The SMILES string of the molecule is CCCCOCCOCCOCCCNC(C)(C)C. The predicted octanol–water partition coefficient (Wildman–Crippen LogP) is 2.61. The second-order valence-electron chi connectivity index (χ2n) is 5.72. The van der Waals surface area contributed by atoms with Crippen molar-refractivity contribution in [3.63, 3.8) is 0 Å². The van der Waals surface area contributed by atoms with Gasteiger partial charge in [0, 0.05) is 18.8 Å². The summed E-state index contributed by atoms with van der Waals surface area (Å²) in [5.74, 6) is 0. The smallest absolute Gasteiger partial charge is 0.0701 e. The fourth-order valence-corrected chi connectivity index (χ4v) is 1.43. The lowest BCUT2D eigenvalue weighted by molar-refractivity contribution is 0.0136. The minimum absolute atomic E-state index is 0.195. The van der Waals surface area contributed by atoms with Crippen molar-refractivity contribution < 1.29 is 14.2 Å². The summed E-state index contributed by atoms with van der Waals surface area (Å²) in [6.45, 7) is 14.0. The molecule has 0 radical (unpaired) electrons. The van der Waals surface area contributed by atoms with Gasteiger partial charge in [-0.05, 0) is 40.2 Å². The minimum Gasteiger partial charge on any atom is -0.379 e. The van der Waals surface area contributed by atoms with E-state index in [1.54, 1.807) is 0 Å². The zero-order chi connectivity index (χ0) is 14.4. The van der Waals surface area contributed by atoms with E-state index in [0.717, 1.165) is 32.6 Å². The van der Waals surface area contributed by atoms with Crippen LogP contribution in [0.25, 0.3) is 0 Å². The molecule has 4 nitrogen and oxygen atoms in total. The highest BCUT2D eigenvalue weighted by Crippen LogP contribution is 1.97. The Balaban J connectivity index is 2.99. The van der Waals surface area contributed by atoms with Gasteiger partial charge < -0.3 is 19.5 Å². The molecule has 0 aromatic heterocycles. The van der Waals surface area contributed by atoms with E-state index in [9.17, 15) is 0 Å². The summed E-state index contributed by atoms with van der Waals surface area (Å²) >= 11 is 0. The van der Waals surface area contributed by atoms with Crippen molar-refractivity contribution in [3.8, 4) is 0 Å². The van der Waals surface area contributed by atoms with Gasteiger partial charge >= 0.3 is 0 Å². The molecule has 0 aliphatic rings. The average Bonchev–Trinajstić information content (AvgIpc) is 2.34. The molecular weight excluding hydrogens is 242 g/mol. The van der Waals surface area contributed by atoms with Crippen LogP contribution in [0.4, 0.5) is 0 Å². The van der Waals surface area contributed by atoms with E-state index >= 15 is 0 Å². The monoisotopic (exact) mass is 275 g/mol. The Morgan fingerprint density at radius 1 is 0.737 bits per heavy atom. The van der Waals surface area contributed by atoms with E-state index < -0.39 is 0 Å². The Bertz CT molecular complexity index is 181. The van der Waals surface area contributed by atoms with E-state index in [2.05, 4.69) is 33.0 Å². The lowest BCUT2D eigenvalue weighted by atomic mass is 10.1. The fraction of sp³-hybridized carbons (Fsp3) is 1.00. The van der Waals surface area contributed by atoms with Gasteiger partial charge in [0.1, 0.15) is 0 Å². The number of nitrogens with one attached hydrogen (secondary N) is 1.